The van der Waals surface area contributed by atoms with Crippen molar-refractivity contribution in [1.29, 1.82) is 0 Å². The number of aromatic nitrogens is 2. The molecule has 0 spiro atoms. The average Bonchev–Trinajstić information content (AvgIpc) is 2.94. The van der Waals surface area contributed by atoms with Crippen LogP contribution in [-0.4, -0.2) is 32.3 Å². The number of rotatable bonds is 6. The monoisotopic (exact) mass is 327 g/mol. The van der Waals surface area contributed by atoms with E-state index in [9.17, 15) is 15.2 Å². The molecule has 3 aromatic rings. The summed E-state index contributed by atoms with van der Waals surface area (Å²) in [7, 11) is 0. The van der Waals surface area contributed by atoms with Crippen molar-refractivity contribution in [2.24, 2.45) is 0 Å². The van der Waals surface area contributed by atoms with E-state index in [0.29, 0.717) is 11.6 Å². The highest BCUT2D eigenvalue weighted by atomic mass is 16.6. The Bertz CT molecular complexity index is 870. The molecule has 0 fully saturated rings. The van der Waals surface area contributed by atoms with Crippen molar-refractivity contribution >= 4 is 16.6 Å². The van der Waals surface area contributed by atoms with Crippen molar-refractivity contribution in [3.63, 3.8) is 0 Å². The molecule has 0 aliphatic carbocycles. The first-order chi connectivity index (χ1) is 11.6. The fourth-order valence-electron chi connectivity index (χ4n) is 2.60. The number of aryl methyl sites for hydroxylation is 1. The molecule has 7 heteroatoms. The molecule has 3 rings (SSSR count). The number of nitro groups is 1. The molecule has 0 aliphatic heterocycles. The molecule has 124 valence electrons. The van der Waals surface area contributed by atoms with E-state index in [1.165, 1.54) is 10.8 Å². The molecule has 0 amide bonds. The van der Waals surface area contributed by atoms with Crippen molar-refractivity contribution in [2.45, 2.75) is 19.6 Å². The summed E-state index contributed by atoms with van der Waals surface area (Å²) in [5.74, 6) is 1.01. The first kappa shape index (κ1) is 15.9. The third-order valence-corrected chi connectivity index (χ3v) is 3.80. The van der Waals surface area contributed by atoms with E-state index in [0.717, 1.165) is 10.8 Å². The van der Waals surface area contributed by atoms with E-state index < -0.39 is 11.0 Å². The van der Waals surface area contributed by atoms with Crippen molar-refractivity contribution in [2.75, 3.05) is 6.61 Å². The third kappa shape index (κ3) is 3.21. The van der Waals surface area contributed by atoms with Gasteiger partial charge >= 0.3 is 5.82 Å². The number of nitrogens with zero attached hydrogens (tertiary/aromatic N) is 3. The van der Waals surface area contributed by atoms with Crippen LogP contribution in [0.5, 0.6) is 5.75 Å². The zero-order chi connectivity index (χ0) is 17.1. The molecule has 24 heavy (non-hydrogen) atoms. The predicted molar refractivity (Wildman–Crippen MR) is 89.1 cm³/mol. The van der Waals surface area contributed by atoms with Gasteiger partial charge in [0, 0.05) is 12.3 Å². The fraction of sp³-hybridized carbons (Fsp3) is 0.235. The van der Waals surface area contributed by atoms with Gasteiger partial charge in [-0.25, -0.2) is 9.55 Å². The lowest BCUT2D eigenvalue weighted by Gasteiger charge is -2.13. The van der Waals surface area contributed by atoms with Gasteiger partial charge in [-0.2, -0.15) is 0 Å². The lowest BCUT2D eigenvalue weighted by Crippen LogP contribution is -2.24. The highest BCUT2D eigenvalue weighted by molar-refractivity contribution is 5.88. The lowest BCUT2D eigenvalue weighted by atomic mass is 10.1. The van der Waals surface area contributed by atoms with Crippen LogP contribution in [0.25, 0.3) is 10.8 Å². The summed E-state index contributed by atoms with van der Waals surface area (Å²) in [5.41, 5.74) is 0. The Kier molecular flexibility index (Phi) is 4.43. The quantitative estimate of drug-likeness (QED) is 0.555. The normalized spacial score (nSPS) is 12.2. The van der Waals surface area contributed by atoms with Crippen LogP contribution in [0.1, 0.15) is 5.82 Å². The number of aliphatic hydroxyl groups is 1. The number of aliphatic hydroxyl groups excluding tert-OH is 1. The molecule has 1 atom stereocenters. The summed E-state index contributed by atoms with van der Waals surface area (Å²) < 4.78 is 7.09. The van der Waals surface area contributed by atoms with Gasteiger partial charge < -0.3 is 20.0 Å². The molecular weight excluding hydrogens is 310 g/mol. The van der Waals surface area contributed by atoms with Crippen LogP contribution in [0, 0.1) is 17.0 Å². The van der Waals surface area contributed by atoms with Crippen LogP contribution in [-0.2, 0) is 6.54 Å². The Labute approximate surface area is 138 Å². The minimum Gasteiger partial charge on any atom is -0.490 e. The van der Waals surface area contributed by atoms with Crippen LogP contribution in [0.2, 0.25) is 0 Å². The van der Waals surface area contributed by atoms with Gasteiger partial charge in [-0.15, -0.1) is 0 Å². The van der Waals surface area contributed by atoms with Gasteiger partial charge in [0.15, 0.2) is 5.82 Å². The number of hydrogen-bond donors (Lipinski definition) is 1. The maximum absolute atomic E-state index is 11.0. The Morgan fingerprint density at radius 3 is 2.83 bits per heavy atom. The third-order valence-electron chi connectivity index (χ3n) is 3.80. The molecule has 0 radical (unpaired) electrons. The Morgan fingerprint density at radius 2 is 2.04 bits per heavy atom. The zero-order valence-electron chi connectivity index (χ0n) is 13.1. The number of benzene rings is 2. The molecule has 1 unspecified atom stereocenters. The second kappa shape index (κ2) is 6.67. The lowest BCUT2D eigenvalue weighted by molar-refractivity contribution is -0.392. The van der Waals surface area contributed by atoms with Gasteiger partial charge in [0.2, 0.25) is 0 Å². The van der Waals surface area contributed by atoms with Crippen molar-refractivity contribution < 1.29 is 14.8 Å². The first-order valence-electron chi connectivity index (χ1n) is 7.51. The summed E-state index contributed by atoms with van der Waals surface area (Å²) in [6.45, 7) is 1.74. The summed E-state index contributed by atoms with van der Waals surface area (Å²) in [6.07, 6.45) is 0.295. The Balaban J connectivity index is 1.71. The van der Waals surface area contributed by atoms with E-state index >= 15 is 0 Å². The highest BCUT2D eigenvalue weighted by Crippen LogP contribution is 2.25. The largest absolute Gasteiger partial charge is 0.490 e. The number of fused-ring (bicyclic) bond motifs is 1. The minimum absolute atomic E-state index is 0.0305. The summed E-state index contributed by atoms with van der Waals surface area (Å²) in [5, 5.41) is 23.2. The van der Waals surface area contributed by atoms with Crippen LogP contribution >= 0.6 is 0 Å². The minimum atomic E-state index is -0.893. The summed E-state index contributed by atoms with van der Waals surface area (Å²) in [6, 6.07) is 13.5. The fourth-order valence-corrected chi connectivity index (χ4v) is 2.60. The van der Waals surface area contributed by atoms with Crippen LogP contribution < -0.4 is 4.74 Å². The molecule has 0 aliphatic rings. The van der Waals surface area contributed by atoms with Gasteiger partial charge in [-0.1, -0.05) is 36.4 Å². The molecule has 1 N–H and O–H groups in total. The van der Waals surface area contributed by atoms with Gasteiger partial charge in [-0.05, 0) is 16.4 Å². The van der Waals surface area contributed by atoms with E-state index in [1.807, 2.05) is 42.5 Å². The molecule has 0 saturated heterocycles. The standard InChI is InChI=1S/C17H17N3O4/c1-12-18-9-17(20(22)23)19(12)10-14(21)11-24-16-8-4-6-13-5-2-3-7-15(13)16/h2-9,14,21H,10-11H2,1H3. The van der Waals surface area contributed by atoms with Gasteiger partial charge in [0.25, 0.3) is 0 Å². The summed E-state index contributed by atoms with van der Waals surface area (Å²) >= 11 is 0. The molecule has 7 nitrogen and oxygen atoms in total. The molecule has 1 heterocycles. The van der Waals surface area contributed by atoms with Crippen LogP contribution in [0.3, 0.4) is 0 Å². The molecule has 0 bridgehead atoms. The predicted octanol–water partition coefficient (Wildman–Crippen LogP) is 2.69. The van der Waals surface area contributed by atoms with Crippen molar-refractivity contribution in [3.05, 3.63) is 64.6 Å². The molecule has 0 saturated carbocycles. The molecule has 1 aromatic heterocycles. The second-order valence-corrected chi connectivity index (χ2v) is 5.47. The highest BCUT2D eigenvalue weighted by Gasteiger charge is 2.21. The second-order valence-electron chi connectivity index (χ2n) is 5.47. The molecular formula is C17H17N3O4. The van der Waals surface area contributed by atoms with Crippen LogP contribution in [0.15, 0.2) is 48.7 Å². The van der Waals surface area contributed by atoms with E-state index in [2.05, 4.69) is 4.98 Å². The van der Waals surface area contributed by atoms with Gasteiger partial charge in [0.05, 0.1) is 0 Å². The number of hydrogen-bond acceptors (Lipinski definition) is 5. The van der Waals surface area contributed by atoms with Crippen molar-refractivity contribution in [1.82, 2.24) is 9.55 Å². The Morgan fingerprint density at radius 1 is 1.29 bits per heavy atom. The van der Waals surface area contributed by atoms with E-state index in [1.54, 1.807) is 6.92 Å². The average molecular weight is 327 g/mol. The van der Waals surface area contributed by atoms with Gasteiger partial charge in [0.1, 0.15) is 31.2 Å². The van der Waals surface area contributed by atoms with E-state index in [-0.39, 0.29) is 19.0 Å². The first-order valence-corrected chi connectivity index (χ1v) is 7.51. The van der Waals surface area contributed by atoms with E-state index in [4.69, 9.17) is 4.74 Å². The SMILES string of the molecule is Cc1ncc([N+](=O)[O-])n1CC(O)COc1cccc2ccccc12. The summed E-state index contributed by atoms with van der Waals surface area (Å²) in [4.78, 5) is 14.4. The maximum atomic E-state index is 11.0. The Hall–Kier alpha value is -2.93. The maximum Gasteiger partial charge on any atom is 0.342 e. The van der Waals surface area contributed by atoms with Crippen molar-refractivity contribution in [3.8, 4) is 5.75 Å². The topological polar surface area (TPSA) is 90.4 Å². The number of ether oxygens (including phenoxy) is 1. The number of imidazole rings is 1. The smallest absolute Gasteiger partial charge is 0.342 e. The zero-order valence-corrected chi connectivity index (χ0v) is 13.1. The molecule has 2 aromatic carbocycles. The van der Waals surface area contributed by atoms with Crippen LogP contribution in [0.4, 0.5) is 5.82 Å². The van der Waals surface area contributed by atoms with Gasteiger partial charge in [-0.3, -0.25) is 0 Å².